The van der Waals surface area contributed by atoms with Crippen molar-refractivity contribution >= 4 is 11.6 Å². The van der Waals surface area contributed by atoms with E-state index in [9.17, 15) is 4.79 Å². The Morgan fingerprint density at radius 2 is 1.93 bits per heavy atom. The van der Waals surface area contributed by atoms with Gasteiger partial charge < -0.3 is 14.7 Å². The van der Waals surface area contributed by atoms with Gasteiger partial charge in [0.25, 0.3) is 0 Å². The van der Waals surface area contributed by atoms with Crippen molar-refractivity contribution in [2.45, 2.75) is 39.0 Å². The number of para-hydroxylation sites is 1. The summed E-state index contributed by atoms with van der Waals surface area (Å²) in [7, 11) is 0. The molecule has 28 heavy (non-hydrogen) atoms. The second-order valence-electron chi connectivity index (χ2n) is 7.18. The number of nitrogens with zero attached hydrogens (tertiary/aromatic N) is 4. The number of hydrogen-bond acceptors (Lipinski definition) is 6. The molecule has 1 aromatic carbocycles. The number of amides is 1. The van der Waals surface area contributed by atoms with Crippen LogP contribution < -0.4 is 10.2 Å². The molecule has 2 heterocycles. The van der Waals surface area contributed by atoms with Crippen molar-refractivity contribution in [2.75, 3.05) is 44.2 Å². The second kappa shape index (κ2) is 10.8. The Labute approximate surface area is 167 Å². The summed E-state index contributed by atoms with van der Waals surface area (Å²) in [6.45, 7) is 8.03. The monoisotopic (exact) mass is 385 g/mol. The molecule has 1 N–H and O–H groups in total. The van der Waals surface area contributed by atoms with E-state index in [1.54, 1.807) is 0 Å². The van der Waals surface area contributed by atoms with Crippen molar-refractivity contribution in [1.29, 1.82) is 0 Å². The maximum Gasteiger partial charge on any atom is 0.226 e. The first-order valence-electron chi connectivity index (χ1n) is 10.3. The molecule has 0 radical (unpaired) electrons. The number of rotatable bonds is 10. The van der Waals surface area contributed by atoms with E-state index >= 15 is 0 Å². The minimum Gasteiger partial charge on any atom is -0.369 e. The second-order valence-corrected chi connectivity index (χ2v) is 7.18. The number of hydrogen-bond donors (Lipinski definition) is 1. The third kappa shape index (κ3) is 6.34. The van der Waals surface area contributed by atoms with Gasteiger partial charge in [-0.25, -0.2) is 0 Å². The number of nitrogens with one attached hydrogen (secondary N) is 1. The van der Waals surface area contributed by atoms with Gasteiger partial charge in [0.05, 0.1) is 0 Å². The number of piperazine rings is 1. The summed E-state index contributed by atoms with van der Waals surface area (Å²) >= 11 is 0. The van der Waals surface area contributed by atoms with Crippen LogP contribution in [0, 0.1) is 0 Å². The number of carbonyl (C=O) groups excluding carboxylic acids is 1. The summed E-state index contributed by atoms with van der Waals surface area (Å²) in [6.07, 6.45) is 3.65. The molecular weight excluding hydrogens is 354 g/mol. The summed E-state index contributed by atoms with van der Waals surface area (Å²) in [4.78, 5) is 21.1. The van der Waals surface area contributed by atoms with Crippen LogP contribution in [0.1, 0.15) is 37.9 Å². The van der Waals surface area contributed by atoms with Crippen LogP contribution in [-0.4, -0.2) is 60.2 Å². The zero-order valence-electron chi connectivity index (χ0n) is 16.8. The number of carbonyl (C=O) groups is 1. The number of anilines is 1. The van der Waals surface area contributed by atoms with Crippen molar-refractivity contribution < 1.29 is 9.32 Å². The summed E-state index contributed by atoms with van der Waals surface area (Å²) in [5, 5.41) is 6.88. The molecule has 0 unspecified atom stereocenters. The average Bonchev–Trinajstić information content (AvgIpc) is 3.20. The lowest BCUT2D eigenvalue weighted by Gasteiger charge is -2.36. The molecule has 0 bridgehead atoms. The Bertz CT molecular complexity index is 711. The van der Waals surface area contributed by atoms with Gasteiger partial charge in [-0.2, -0.15) is 4.98 Å². The fourth-order valence-electron chi connectivity index (χ4n) is 3.42. The molecule has 0 spiro atoms. The van der Waals surface area contributed by atoms with E-state index in [1.165, 1.54) is 5.69 Å². The van der Waals surface area contributed by atoms with Crippen molar-refractivity contribution in [1.82, 2.24) is 20.4 Å². The molecule has 0 aliphatic carbocycles. The molecule has 0 saturated carbocycles. The first-order chi connectivity index (χ1) is 13.7. The molecule has 1 aliphatic heterocycles. The SMILES string of the molecule is CCc1noc(CCCC(=O)NCCCN2CCN(c3ccccc3)CC2)n1. The van der Waals surface area contributed by atoms with Gasteiger partial charge in [0.2, 0.25) is 11.8 Å². The third-order valence-electron chi connectivity index (χ3n) is 5.09. The Morgan fingerprint density at radius 3 is 2.64 bits per heavy atom. The molecule has 7 nitrogen and oxygen atoms in total. The van der Waals surface area contributed by atoms with Crippen LogP contribution in [0.4, 0.5) is 5.69 Å². The lowest BCUT2D eigenvalue weighted by molar-refractivity contribution is -0.121. The molecule has 1 aliphatic rings. The van der Waals surface area contributed by atoms with Crippen LogP contribution in [0.5, 0.6) is 0 Å². The maximum atomic E-state index is 11.9. The van der Waals surface area contributed by atoms with Gasteiger partial charge in [-0.05, 0) is 31.5 Å². The molecule has 152 valence electrons. The van der Waals surface area contributed by atoms with E-state index in [-0.39, 0.29) is 5.91 Å². The highest BCUT2D eigenvalue weighted by Gasteiger charge is 2.16. The van der Waals surface area contributed by atoms with Crippen LogP contribution >= 0.6 is 0 Å². The van der Waals surface area contributed by atoms with E-state index in [1.807, 2.05) is 6.92 Å². The van der Waals surface area contributed by atoms with Gasteiger partial charge in [-0.1, -0.05) is 30.3 Å². The highest BCUT2D eigenvalue weighted by Crippen LogP contribution is 2.15. The van der Waals surface area contributed by atoms with Gasteiger partial charge in [-0.3, -0.25) is 9.69 Å². The van der Waals surface area contributed by atoms with E-state index in [0.29, 0.717) is 18.7 Å². The first-order valence-corrected chi connectivity index (χ1v) is 10.3. The topological polar surface area (TPSA) is 74.5 Å². The maximum absolute atomic E-state index is 11.9. The molecule has 2 aromatic rings. The number of benzene rings is 1. The Hall–Kier alpha value is -2.41. The smallest absolute Gasteiger partial charge is 0.226 e. The quantitative estimate of drug-likeness (QED) is 0.633. The van der Waals surface area contributed by atoms with Crippen molar-refractivity contribution in [2.24, 2.45) is 0 Å². The standard InChI is InChI=1S/C21H31N5O2/c1-2-19-23-21(28-24-19)11-6-10-20(27)22-12-7-13-25-14-16-26(17-15-25)18-8-4-3-5-9-18/h3-5,8-9H,2,6-7,10-17H2,1H3,(H,22,27). The lowest BCUT2D eigenvalue weighted by atomic mass is 10.2. The average molecular weight is 386 g/mol. The molecule has 1 saturated heterocycles. The minimum absolute atomic E-state index is 0.101. The minimum atomic E-state index is 0.101. The molecule has 1 aromatic heterocycles. The van der Waals surface area contributed by atoms with Crippen LogP contribution in [0.2, 0.25) is 0 Å². The third-order valence-corrected chi connectivity index (χ3v) is 5.09. The van der Waals surface area contributed by atoms with Gasteiger partial charge in [-0.15, -0.1) is 0 Å². The fourth-order valence-corrected chi connectivity index (χ4v) is 3.42. The molecule has 7 heteroatoms. The van der Waals surface area contributed by atoms with Crippen molar-refractivity contribution in [3.63, 3.8) is 0 Å². The van der Waals surface area contributed by atoms with E-state index in [4.69, 9.17) is 4.52 Å². The van der Waals surface area contributed by atoms with Crippen molar-refractivity contribution in [3.8, 4) is 0 Å². The number of aryl methyl sites for hydroxylation is 2. The Morgan fingerprint density at radius 1 is 1.14 bits per heavy atom. The van der Waals surface area contributed by atoms with Gasteiger partial charge in [0.15, 0.2) is 5.82 Å². The van der Waals surface area contributed by atoms with Crippen LogP contribution in [0.3, 0.4) is 0 Å². The largest absolute Gasteiger partial charge is 0.369 e. The lowest BCUT2D eigenvalue weighted by Crippen LogP contribution is -2.47. The van der Waals surface area contributed by atoms with Gasteiger partial charge in [0.1, 0.15) is 0 Å². The predicted molar refractivity (Wildman–Crippen MR) is 109 cm³/mol. The van der Waals surface area contributed by atoms with E-state index in [2.05, 4.69) is 55.6 Å². The Balaban J connectivity index is 1.22. The predicted octanol–water partition coefficient (Wildman–Crippen LogP) is 2.28. The summed E-state index contributed by atoms with van der Waals surface area (Å²) < 4.78 is 5.14. The molecule has 3 rings (SSSR count). The van der Waals surface area contributed by atoms with Crippen LogP contribution in [0.25, 0.3) is 0 Å². The van der Waals surface area contributed by atoms with E-state index < -0.39 is 0 Å². The molecular formula is C21H31N5O2. The van der Waals surface area contributed by atoms with Gasteiger partial charge in [0, 0.05) is 57.7 Å². The zero-order chi connectivity index (χ0) is 19.6. The number of aromatic nitrogens is 2. The highest BCUT2D eigenvalue weighted by atomic mass is 16.5. The molecule has 1 amide bonds. The van der Waals surface area contributed by atoms with Gasteiger partial charge >= 0.3 is 0 Å². The summed E-state index contributed by atoms with van der Waals surface area (Å²) in [5.74, 6) is 1.45. The molecule has 0 atom stereocenters. The summed E-state index contributed by atoms with van der Waals surface area (Å²) in [5.41, 5.74) is 1.31. The normalized spacial score (nSPS) is 15.0. The Kier molecular flexibility index (Phi) is 7.84. The van der Waals surface area contributed by atoms with Crippen LogP contribution in [-0.2, 0) is 17.6 Å². The summed E-state index contributed by atoms with van der Waals surface area (Å²) in [6, 6.07) is 10.6. The molecule has 1 fully saturated rings. The van der Waals surface area contributed by atoms with E-state index in [0.717, 1.165) is 64.4 Å². The highest BCUT2D eigenvalue weighted by molar-refractivity contribution is 5.75. The zero-order valence-corrected chi connectivity index (χ0v) is 16.8. The van der Waals surface area contributed by atoms with Crippen molar-refractivity contribution in [3.05, 3.63) is 42.0 Å². The fraction of sp³-hybridized carbons (Fsp3) is 0.571. The van der Waals surface area contributed by atoms with Crippen LogP contribution in [0.15, 0.2) is 34.9 Å². The first kappa shape index (κ1) is 20.3.